The molecule has 149 heavy (non-hydrogen) atoms. The fourth-order valence-electron chi connectivity index (χ4n) is 21.5. The van der Waals surface area contributed by atoms with Crippen LogP contribution >= 0.6 is 0 Å². The molecule has 5 aliphatic heterocycles. The van der Waals surface area contributed by atoms with Gasteiger partial charge in [-0.1, -0.05) is 249 Å². The van der Waals surface area contributed by atoms with E-state index in [9.17, 15) is 70.4 Å². The highest BCUT2D eigenvalue weighted by Crippen LogP contribution is 2.54. The molecule has 26 nitrogen and oxygen atoms in total. The fraction of sp³-hybridized carbons (Fsp3) is 0.174. The summed E-state index contributed by atoms with van der Waals surface area (Å²) in [5, 5.41) is 27.9. The maximum atomic E-state index is 13.8. The Balaban J connectivity index is 0.000000109. The Morgan fingerprint density at radius 2 is 0.718 bits per heavy atom. The summed E-state index contributed by atoms with van der Waals surface area (Å²) in [5.74, 6) is -4.74. The lowest BCUT2D eigenvalue weighted by Gasteiger charge is -2.48. The van der Waals surface area contributed by atoms with Crippen molar-refractivity contribution in [1.82, 2.24) is 29.1 Å². The number of rotatable bonds is 19. The van der Waals surface area contributed by atoms with E-state index in [4.69, 9.17) is 22.0 Å². The van der Waals surface area contributed by atoms with E-state index >= 15 is 0 Å². The normalized spacial score (nSPS) is 20.3. The summed E-state index contributed by atoms with van der Waals surface area (Å²) < 4.78 is 177. The van der Waals surface area contributed by atoms with Crippen LogP contribution in [0.15, 0.2) is 328 Å². The maximum Gasteiger partial charge on any atom is 0.339 e. The summed E-state index contributed by atoms with van der Waals surface area (Å²) in [6.07, 6.45) is 6.56. The summed E-state index contributed by atoms with van der Waals surface area (Å²) in [4.78, 5) is 77.2. The summed E-state index contributed by atoms with van der Waals surface area (Å²) in [6.45, 7) is 1.47. The summed E-state index contributed by atoms with van der Waals surface area (Å²) >= 11 is 0. The van der Waals surface area contributed by atoms with E-state index in [2.05, 4.69) is 80.6 Å². The van der Waals surface area contributed by atoms with Crippen LogP contribution in [-0.2, 0) is 76.6 Å². The number of allylic oxidation sites excluding steroid dienone is 1. The predicted molar refractivity (Wildman–Crippen MR) is 559 cm³/mol. The number of pyridine rings is 4. The van der Waals surface area contributed by atoms with Gasteiger partial charge in [0, 0.05) is 46.1 Å². The van der Waals surface area contributed by atoms with E-state index in [1.807, 2.05) is 206 Å². The first-order chi connectivity index (χ1) is 72.0. The van der Waals surface area contributed by atoms with E-state index in [1.54, 1.807) is 9.80 Å². The van der Waals surface area contributed by atoms with Gasteiger partial charge in [-0.05, 0) is 196 Å². The molecule has 14 aromatic carbocycles. The standard InChI is InChI=1S/C30H21FN4O4S.C30H23FN2O4S.C28H23FN2O4S.C27H19FN2O4S/c31-20-10-12-26(33-15-20)28-29(39-40(37,38)34-16-18(14-32)17-34)30(36)35(28)27-13-25-21-6-2-1-5-19(21)9-11-23(25)22-7-3-4-8-24(22)27;31-19-13-15-26(32-17-19)28-29(37-38(35,36)20-7-5-8-20)30(34)33(28)27-16-25-21-9-2-1-6-18(21)12-14-23(25)22-10-3-4-11-24(22)27;1-2-36(33,34)35-27-26(24-14-12-18(29)16-30-24)31(28(27)32)25-15-23-19-8-4-3-7-17(19)11-13-21(23)20-9-5-6-10-22(20)25;1-35(32,33)34-26-25(23-13-11-17(28)15-29-23)30(27(26)31)24-14-22-18-7-3-2-6-16(18)10-12-20(22)19-8-4-5-9-21(19)24/h1-13,15,18,28-29H,16-17H2;1-4,6,9-17,20,28-29H,5,7-8H2;3-14,16,23,26-27H,2,15H2,1H3;2-15,25-26H,1H3/t2*28-,29-;23?,26-,27-;25-,26-/m0000/s1. The van der Waals surface area contributed by atoms with Gasteiger partial charge in [-0.3, -0.25) is 66.4 Å². The number of carbonyl (C=O) groups excluding carboxylic acids is 4. The summed E-state index contributed by atoms with van der Waals surface area (Å²) in [5.41, 5.74) is 7.44. The number of likely N-dealkylation sites (tertiary alicyclic amines) is 1. The van der Waals surface area contributed by atoms with Crippen LogP contribution in [-0.4, -0.2) is 141 Å². The van der Waals surface area contributed by atoms with Crippen molar-refractivity contribution in [3.8, 4) is 6.07 Å². The Labute approximate surface area is 851 Å². The SMILES string of the molecule is CCS(=O)(=O)O[C@@H]1C(=O)N(C2=c3ccccc3=C3C=Cc4ccccc4C3C2)[C@H]1c1ccc(F)cn1.CS(=O)(=O)O[C@@H]1C(=O)N(c2cc3c4ccccc4ccc3c3ccccc23)[C@H]1c1ccc(F)cn1.N#CC1CN(S(=O)(=O)O[C@@H]2C(=O)N(c3cc4c5ccccc5ccc4c4ccccc34)[C@H]2c2ccc(F)cn2)C1.O=C1[C@@H](OS(=O)(=O)C2CCC2)[C@H](c2ccc(F)cn2)N1c1cc2c3ccccc3ccc2c2ccccc12. The Hall–Kier alpha value is -15.8. The maximum absolute atomic E-state index is 13.8. The molecule has 1 unspecified atom stereocenters. The second-order valence-corrected chi connectivity index (χ2v) is 44.5. The van der Waals surface area contributed by atoms with Gasteiger partial charge in [-0.2, -0.15) is 43.2 Å². The molecular weight excluding hydrogens is 1980 g/mol. The Morgan fingerprint density at radius 3 is 1.11 bits per heavy atom. The number of hydrogen-bond donors (Lipinski definition) is 0. The molecule has 3 aliphatic carbocycles. The molecule has 26 rings (SSSR count). The van der Waals surface area contributed by atoms with Gasteiger partial charge >= 0.3 is 10.3 Å². The van der Waals surface area contributed by atoms with Crippen LogP contribution < -0.4 is 25.1 Å². The third kappa shape index (κ3) is 17.4. The number of benzene rings is 14. The molecule has 5 saturated heterocycles. The first-order valence-electron chi connectivity index (χ1n) is 48.1. The Kier molecular flexibility index (Phi) is 24.7. The minimum atomic E-state index is -4.29. The van der Waals surface area contributed by atoms with Crippen LogP contribution in [0.1, 0.15) is 96.6 Å². The molecule has 9 heterocycles. The molecule has 0 radical (unpaired) electrons. The van der Waals surface area contributed by atoms with Crippen molar-refractivity contribution in [1.29, 1.82) is 5.26 Å². The van der Waals surface area contributed by atoms with Gasteiger partial charge in [-0.15, -0.1) is 0 Å². The van der Waals surface area contributed by atoms with Crippen LogP contribution in [0, 0.1) is 40.5 Å². The average Bonchev–Trinajstić information content (AvgIpc) is 0.722. The van der Waals surface area contributed by atoms with Gasteiger partial charge in [0.25, 0.3) is 54.0 Å². The minimum absolute atomic E-state index is 0.00527. The first-order valence-corrected chi connectivity index (χ1v) is 54.4. The van der Waals surface area contributed by atoms with Crippen LogP contribution in [0.3, 0.4) is 0 Å². The number of anilines is 3. The molecule has 744 valence electrons. The molecule has 34 heteroatoms. The largest absolute Gasteiger partial charge is 0.339 e. The van der Waals surface area contributed by atoms with Crippen molar-refractivity contribution in [2.24, 2.45) is 5.92 Å². The lowest BCUT2D eigenvalue weighted by Crippen LogP contribution is -2.62. The number of nitriles is 1. The van der Waals surface area contributed by atoms with Crippen molar-refractivity contribution in [2.75, 3.05) is 39.8 Å². The monoisotopic (exact) mass is 2070 g/mol. The number of fused-ring (bicyclic) bond motifs is 19. The smallest absolute Gasteiger partial charge is 0.301 e. The molecule has 18 aromatic rings. The third-order valence-electron chi connectivity index (χ3n) is 29.0. The van der Waals surface area contributed by atoms with Crippen LogP contribution in [0.5, 0.6) is 0 Å². The molecule has 4 aromatic heterocycles. The number of amides is 4. The number of β-lactam (4-membered cyclic amide) rings is 4. The average molecular weight is 2070 g/mol. The van der Waals surface area contributed by atoms with Crippen molar-refractivity contribution >= 4 is 196 Å². The summed E-state index contributed by atoms with van der Waals surface area (Å²) in [6, 6.07) is 91.0. The van der Waals surface area contributed by atoms with Crippen LogP contribution in [0.4, 0.5) is 34.6 Å². The van der Waals surface area contributed by atoms with Gasteiger partial charge in [0.05, 0.1) is 93.9 Å². The molecular formula is C115H86F4N10O16S4. The van der Waals surface area contributed by atoms with Gasteiger partial charge in [0.15, 0.2) is 24.4 Å². The van der Waals surface area contributed by atoms with E-state index in [0.717, 1.165) is 160 Å². The Bertz CT molecular complexity index is 9390. The van der Waals surface area contributed by atoms with E-state index in [-0.39, 0.29) is 24.8 Å². The highest BCUT2D eigenvalue weighted by molar-refractivity contribution is 7.87. The predicted octanol–water partition coefficient (Wildman–Crippen LogP) is 19.0. The second kappa shape index (κ2) is 38.2. The fourth-order valence-corrected chi connectivity index (χ4v) is 25.5. The van der Waals surface area contributed by atoms with Crippen molar-refractivity contribution in [2.45, 2.75) is 92.4 Å². The molecule has 1 saturated carbocycles. The van der Waals surface area contributed by atoms with E-state index in [1.165, 1.54) is 76.4 Å². The third-order valence-corrected chi connectivity index (χ3v) is 33.9. The van der Waals surface area contributed by atoms with Crippen LogP contribution in [0.25, 0.3) is 114 Å². The number of aromatic nitrogens is 4. The van der Waals surface area contributed by atoms with Gasteiger partial charge < -0.3 is 4.90 Å². The minimum Gasteiger partial charge on any atom is -0.301 e. The first kappa shape index (κ1) is 96.6. The second-order valence-electron chi connectivity index (χ2n) is 37.6. The zero-order chi connectivity index (χ0) is 103. The van der Waals surface area contributed by atoms with Gasteiger partial charge in [-0.25, -0.2) is 21.7 Å². The highest BCUT2D eigenvalue weighted by Gasteiger charge is 2.59. The number of nitrogens with zero attached hydrogens (tertiary/aromatic N) is 10. The number of halogens is 4. The van der Waals surface area contributed by atoms with E-state index < -0.39 is 147 Å². The van der Waals surface area contributed by atoms with Gasteiger partial charge in [0.2, 0.25) is 0 Å². The van der Waals surface area contributed by atoms with Crippen molar-refractivity contribution in [3.63, 3.8) is 0 Å². The highest BCUT2D eigenvalue weighted by atomic mass is 32.2. The van der Waals surface area contributed by atoms with Crippen molar-refractivity contribution < 1.29 is 87.1 Å². The lowest BCUT2D eigenvalue weighted by atomic mass is 9.76. The van der Waals surface area contributed by atoms with Crippen LogP contribution in [0.2, 0.25) is 0 Å². The molecule has 8 aliphatic rings. The van der Waals surface area contributed by atoms with E-state index in [0.29, 0.717) is 59.1 Å². The number of hydrogen-bond acceptors (Lipinski definition) is 21. The zero-order valence-electron chi connectivity index (χ0n) is 79.2. The molecule has 9 atom stereocenters. The molecule has 4 amide bonds. The molecule has 0 spiro atoms. The topological polar surface area (TPSA) is 333 Å². The lowest BCUT2D eigenvalue weighted by molar-refractivity contribution is -0.156. The molecule has 6 fully saturated rings. The number of carbonyl (C=O) groups is 4. The molecule has 0 bridgehead atoms. The summed E-state index contributed by atoms with van der Waals surface area (Å²) in [7, 11) is -16.0. The molecule has 0 N–H and O–H groups in total. The van der Waals surface area contributed by atoms with Gasteiger partial charge in [0.1, 0.15) is 47.4 Å². The quantitative estimate of drug-likeness (QED) is 0.0314. The Morgan fingerprint density at radius 1 is 0.369 bits per heavy atom. The zero-order valence-corrected chi connectivity index (χ0v) is 82.5. The van der Waals surface area contributed by atoms with Crippen molar-refractivity contribution in [3.05, 3.63) is 396 Å².